The molecule has 10 nitrogen and oxygen atoms in total. The zero-order valence-electron chi connectivity index (χ0n) is 12.2. The van der Waals surface area contributed by atoms with E-state index in [1.165, 1.54) is 6.20 Å². The number of tetrazole rings is 1. The normalized spacial score (nSPS) is 15.7. The van der Waals surface area contributed by atoms with Gasteiger partial charge in [-0.05, 0) is 17.7 Å². The Morgan fingerprint density at radius 2 is 2.00 bits per heavy atom. The van der Waals surface area contributed by atoms with Gasteiger partial charge in [0.15, 0.2) is 12.4 Å². The Morgan fingerprint density at radius 1 is 1.12 bits per heavy atom. The molecule has 2 aliphatic heterocycles. The van der Waals surface area contributed by atoms with Crippen LogP contribution in [-0.4, -0.2) is 38.2 Å². The summed E-state index contributed by atoms with van der Waals surface area (Å²) in [4.78, 5) is 20.0. The molecule has 0 bridgehead atoms. The summed E-state index contributed by atoms with van der Waals surface area (Å²) in [5.74, 6) is 1.52. The van der Waals surface area contributed by atoms with Crippen LogP contribution in [0.2, 0.25) is 0 Å². The SMILES string of the molecule is O=C1N=C(Cc2ccc(OCc3nn[nH]n3)cc2)N=C2N=NC=C12. The summed E-state index contributed by atoms with van der Waals surface area (Å²) < 4.78 is 5.54. The van der Waals surface area contributed by atoms with Gasteiger partial charge in [0.2, 0.25) is 5.82 Å². The summed E-state index contributed by atoms with van der Waals surface area (Å²) in [5, 5.41) is 20.9. The molecule has 2 aromatic rings. The van der Waals surface area contributed by atoms with Crippen molar-refractivity contribution in [3.05, 3.63) is 47.4 Å². The topological polar surface area (TPSA) is 130 Å². The van der Waals surface area contributed by atoms with Gasteiger partial charge >= 0.3 is 0 Å². The first kappa shape index (κ1) is 14.1. The number of ether oxygens (including phenoxy) is 1. The molecule has 0 saturated carbocycles. The first-order chi connectivity index (χ1) is 11.8. The van der Waals surface area contributed by atoms with E-state index >= 15 is 0 Å². The van der Waals surface area contributed by atoms with Crippen molar-refractivity contribution in [2.45, 2.75) is 13.0 Å². The van der Waals surface area contributed by atoms with Crippen molar-refractivity contribution in [3.63, 3.8) is 0 Å². The lowest BCUT2D eigenvalue weighted by atomic mass is 10.1. The Kier molecular flexibility index (Phi) is 3.46. The number of rotatable bonds is 5. The highest BCUT2D eigenvalue weighted by atomic mass is 16.5. The van der Waals surface area contributed by atoms with Gasteiger partial charge in [0.05, 0.1) is 6.20 Å². The number of aromatic nitrogens is 4. The number of fused-ring (bicyclic) bond motifs is 1. The van der Waals surface area contributed by atoms with E-state index in [2.05, 4.69) is 40.8 Å². The number of aliphatic imine (C=N–C) groups is 2. The maximum atomic E-state index is 11.8. The Hall–Kier alpha value is -3.56. The van der Waals surface area contributed by atoms with Crippen LogP contribution in [-0.2, 0) is 17.8 Å². The summed E-state index contributed by atoms with van der Waals surface area (Å²) in [7, 11) is 0. The first-order valence-corrected chi connectivity index (χ1v) is 7.04. The number of H-pyrrole nitrogens is 1. The molecule has 0 spiro atoms. The van der Waals surface area contributed by atoms with Crippen LogP contribution in [0.15, 0.2) is 56.3 Å². The molecule has 0 saturated heterocycles. The van der Waals surface area contributed by atoms with Crippen LogP contribution in [0.1, 0.15) is 11.4 Å². The molecule has 0 atom stereocenters. The third-order valence-electron chi connectivity index (χ3n) is 3.32. The molecule has 4 rings (SSSR count). The van der Waals surface area contributed by atoms with Crippen molar-refractivity contribution in [3.8, 4) is 5.75 Å². The molecule has 0 fully saturated rings. The minimum absolute atomic E-state index is 0.227. The number of hydrogen-bond donors (Lipinski definition) is 1. The van der Waals surface area contributed by atoms with E-state index in [-0.39, 0.29) is 12.5 Å². The summed E-state index contributed by atoms with van der Waals surface area (Å²) in [6, 6.07) is 7.38. The number of amides is 1. The van der Waals surface area contributed by atoms with Crippen LogP contribution >= 0.6 is 0 Å². The largest absolute Gasteiger partial charge is 0.485 e. The molecule has 1 amide bonds. The van der Waals surface area contributed by atoms with Crippen molar-refractivity contribution in [1.29, 1.82) is 0 Å². The fourth-order valence-corrected chi connectivity index (χ4v) is 2.17. The van der Waals surface area contributed by atoms with E-state index in [4.69, 9.17) is 4.74 Å². The molecule has 0 radical (unpaired) electrons. The fraction of sp³-hybridized carbons (Fsp3) is 0.143. The second kappa shape index (κ2) is 5.91. The number of carbonyl (C=O) groups excluding carboxylic acids is 1. The quantitative estimate of drug-likeness (QED) is 0.877. The van der Waals surface area contributed by atoms with E-state index in [1.807, 2.05) is 24.3 Å². The smallest absolute Gasteiger partial charge is 0.284 e. The number of carbonyl (C=O) groups is 1. The van der Waals surface area contributed by atoms with Gasteiger partial charge in [-0.2, -0.15) is 15.3 Å². The van der Waals surface area contributed by atoms with Crippen LogP contribution in [0.4, 0.5) is 0 Å². The predicted molar refractivity (Wildman–Crippen MR) is 81.5 cm³/mol. The molecule has 24 heavy (non-hydrogen) atoms. The second-order valence-electron chi connectivity index (χ2n) is 4.96. The molecular formula is C14H10N8O2. The predicted octanol–water partition coefficient (Wildman–Crippen LogP) is 1.01. The molecule has 1 N–H and O–H groups in total. The van der Waals surface area contributed by atoms with Crippen LogP contribution in [0.5, 0.6) is 5.75 Å². The fourth-order valence-electron chi connectivity index (χ4n) is 2.17. The van der Waals surface area contributed by atoms with E-state index in [1.54, 1.807) is 0 Å². The van der Waals surface area contributed by atoms with E-state index in [0.29, 0.717) is 35.2 Å². The lowest BCUT2D eigenvalue weighted by molar-refractivity contribution is -0.113. The third-order valence-corrected chi connectivity index (χ3v) is 3.32. The molecule has 3 heterocycles. The molecule has 10 heteroatoms. The van der Waals surface area contributed by atoms with Gasteiger partial charge in [0, 0.05) is 6.42 Å². The molecular weight excluding hydrogens is 312 g/mol. The Bertz CT molecular complexity index is 893. The number of azo groups is 1. The van der Waals surface area contributed by atoms with Gasteiger partial charge < -0.3 is 4.74 Å². The summed E-state index contributed by atoms with van der Waals surface area (Å²) >= 11 is 0. The number of nitrogens with zero attached hydrogens (tertiary/aromatic N) is 7. The number of nitrogens with one attached hydrogen (secondary N) is 1. The Balaban J connectivity index is 1.41. The molecule has 1 aromatic carbocycles. The van der Waals surface area contributed by atoms with E-state index < -0.39 is 0 Å². The summed E-state index contributed by atoms with van der Waals surface area (Å²) in [5.41, 5.74) is 1.28. The van der Waals surface area contributed by atoms with E-state index in [9.17, 15) is 4.79 Å². The van der Waals surface area contributed by atoms with Gasteiger partial charge in [-0.25, -0.2) is 4.99 Å². The van der Waals surface area contributed by atoms with Crippen molar-refractivity contribution >= 4 is 17.6 Å². The Labute approximate surface area is 135 Å². The van der Waals surface area contributed by atoms with Gasteiger partial charge in [-0.3, -0.25) is 4.79 Å². The Morgan fingerprint density at radius 3 is 2.79 bits per heavy atom. The molecule has 0 aliphatic carbocycles. The number of aromatic amines is 1. The summed E-state index contributed by atoms with van der Waals surface area (Å²) in [6.45, 7) is 0.227. The van der Waals surface area contributed by atoms with Gasteiger partial charge in [0.1, 0.15) is 17.2 Å². The highest BCUT2D eigenvalue weighted by Crippen LogP contribution is 2.18. The first-order valence-electron chi connectivity index (χ1n) is 7.04. The highest BCUT2D eigenvalue weighted by Gasteiger charge is 2.24. The van der Waals surface area contributed by atoms with Crippen LogP contribution in [0.25, 0.3) is 0 Å². The molecule has 1 aromatic heterocycles. The number of hydrogen-bond acceptors (Lipinski definition) is 8. The molecule has 0 unspecified atom stereocenters. The monoisotopic (exact) mass is 322 g/mol. The summed E-state index contributed by atoms with van der Waals surface area (Å²) in [6.07, 6.45) is 1.79. The minimum Gasteiger partial charge on any atom is -0.485 e. The van der Waals surface area contributed by atoms with Crippen molar-refractivity contribution in [2.75, 3.05) is 0 Å². The van der Waals surface area contributed by atoms with Gasteiger partial charge in [-0.1, -0.05) is 17.3 Å². The third kappa shape index (κ3) is 2.84. The van der Waals surface area contributed by atoms with Gasteiger partial charge in [-0.15, -0.1) is 15.3 Å². The average molecular weight is 322 g/mol. The maximum Gasteiger partial charge on any atom is 0.284 e. The van der Waals surface area contributed by atoms with Gasteiger partial charge in [0.25, 0.3) is 5.91 Å². The standard InChI is InChI=1S/C14H10N8O2/c23-14-10-6-15-20-13(10)16-11(17-14)5-8-1-3-9(4-2-8)24-7-12-18-21-22-19-12/h1-4,6H,5,7H2,(H,18,19,21,22). The van der Waals surface area contributed by atoms with E-state index in [0.717, 1.165) is 5.56 Å². The van der Waals surface area contributed by atoms with Crippen LogP contribution in [0, 0.1) is 0 Å². The zero-order valence-corrected chi connectivity index (χ0v) is 12.2. The molecule has 2 aliphatic rings. The number of amidine groups is 2. The lowest BCUT2D eigenvalue weighted by Gasteiger charge is -2.08. The van der Waals surface area contributed by atoms with Crippen molar-refractivity contribution in [2.24, 2.45) is 20.2 Å². The van der Waals surface area contributed by atoms with Crippen LogP contribution in [0.3, 0.4) is 0 Å². The second-order valence-corrected chi connectivity index (χ2v) is 4.96. The minimum atomic E-state index is -0.361. The maximum absolute atomic E-state index is 11.8. The zero-order chi connectivity index (χ0) is 16.4. The highest BCUT2D eigenvalue weighted by molar-refractivity contribution is 6.29. The average Bonchev–Trinajstić information content (AvgIpc) is 3.26. The van der Waals surface area contributed by atoms with Crippen LogP contribution < -0.4 is 4.74 Å². The molecule has 118 valence electrons. The van der Waals surface area contributed by atoms with Crippen molar-refractivity contribution < 1.29 is 9.53 Å². The number of benzene rings is 1. The lowest BCUT2D eigenvalue weighted by Crippen LogP contribution is -2.18. The van der Waals surface area contributed by atoms with Crippen molar-refractivity contribution in [1.82, 2.24) is 20.6 Å².